The minimum Gasteiger partial charge on any atom is -0.508 e. The van der Waals surface area contributed by atoms with E-state index in [0.29, 0.717) is 19.3 Å². The Hall–Kier alpha value is -3.98. The average molecular weight is 626 g/mol. The van der Waals surface area contributed by atoms with E-state index < -0.39 is 29.8 Å². The third-order valence-electron chi connectivity index (χ3n) is 5.88. The molecule has 2 atom stereocenters. The van der Waals surface area contributed by atoms with Crippen LogP contribution in [0, 0.1) is 12.3 Å². The summed E-state index contributed by atoms with van der Waals surface area (Å²) in [7, 11) is 0. The number of phenolic OH excluding ortho intramolecular Hbond substituents is 2. The van der Waals surface area contributed by atoms with Crippen molar-refractivity contribution in [3.05, 3.63) is 79.4 Å². The van der Waals surface area contributed by atoms with Crippen LogP contribution in [0.2, 0.25) is 0 Å². The first-order chi connectivity index (χ1) is 20.8. The van der Waals surface area contributed by atoms with Gasteiger partial charge in [-0.25, -0.2) is 9.59 Å². The van der Waals surface area contributed by atoms with E-state index >= 15 is 0 Å². The highest BCUT2D eigenvalue weighted by Crippen LogP contribution is 2.21. The van der Waals surface area contributed by atoms with Crippen LogP contribution in [0.15, 0.2) is 73.8 Å². The van der Waals surface area contributed by atoms with Gasteiger partial charge in [-0.3, -0.25) is 9.78 Å². The number of phenols is 2. The van der Waals surface area contributed by atoms with E-state index in [4.69, 9.17) is 25.5 Å². The Labute approximate surface area is 258 Å². The van der Waals surface area contributed by atoms with Gasteiger partial charge < -0.3 is 40.6 Å². The first-order valence-corrected chi connectivity index (χ1v) is 13.7. The zero-order chi connectivity index (χ0) is 34.1. The lowest BCUT2D eigenvalue weighted by atomic mass is 9.88. The van der Waals surface area contributed by atoms with Crippen molar-refractivity contribution < 1.29 is 60.1 Å². The van der Waals surface area contributed by atoms with Gasteiger partial charge in [0.2, 0.25) is 0 Å². The van der Waals surface area contributed by atoms with Crippen molar-refractivity contribution in [2.45, 2.75) is 59.4 Å². The van der Waals surface area contributed by atoms with E-state index in [1.54, 1.807) is 4.90 Å². The first kappa shape index (κ1) is 42.2. The molecule has 2 unspecified atom stereocenters. The highest BCUT2D eigenvalue weighted by Gasteiger charge is 2.25. The molecule has 0 spiro atoms. The molecule has 0 fully saturated rings. The molecule has 13 nitrogen and oxygen atoms in total. The van der Waals surface area contributed by atoms with E-state index in [1.807, 2.05) is 52.0 Å². The normalized spacial score (nSPS) is 11.4. The number of benzene rings is 2. The molecule has 44 heavy (non-hydrogen) atoms. The fourth-order valence-electron chi connectivity index (χ4n) is 2.74. The van der Waals surface area contributed by atoms with Crippen LogP contribution in [0.1, 0.15) is 45.6 Å². The molecule has 0 bridgehead atoms. The number of aliphatic hydroxyl groups excluding tert-OH is 5. The van der Waals surface area contributed by atoms with Crippen LogP contribution in [0.25, 0.3) is 0 Å². The SMILES string of the molecule is C=CC(=O)OOOC(=O)C=C.CCC(CO)(CO)CO.CCC(O)N(c1ccc(C)cc1)C(O)CC.Oc1ccc(O)cc1. The molecule has 0 saturated heterocycles. The lowest BCUT2D eigenvalue weighted by Gasteiger charge is -2.33. The standard InChI is InChI=1S/C13H21NO2.C6H6O5.C6H14O3.C6H6O2/c1-4-12(15)14(13(16)5-2)11-8-6-10(3)7-9-11;1-3-5(7)9-11-10-6(8)4-2;1-2-6(3-7,4-8)5-9;7-5-1-2-6(8)4-3-5/h6-9,12-13,15-16H,4-5H2,1-3H3;3-4H,1-2H2;7-9H,2-5H2,1H3;1-4,7-8H. The summed E-state index contributed by atoms with van der Waals surface area (Å²) in [6.07, 6.45) is 2.19. The number of hydrogen-bond donors (Lipinski definition) is 7. The van der Waals surface area contributed by atoms with Gasteiger partial charge in [-0.1, -0.05) is 51.6 Å². The van der Waals surface area contributed by atoms with Gasteiger partial charge in [0.05, 0.1) is 19.8 Å². The van der Waals surface area contributed by atoms with Crippen molar-refractivity contribution in [3.8, 4) is 11.5 Å². The number of carbonyl (C=O) groups excluding carboxylic acids is 2. The number of aromatic hydroxyl groups is 2. The summed E-state index contributed by atoms with van der Waals surface area (Å²) in [5.41, 5.74) is 1.36. The predicted octanol–water partition coefficient (Wildman–Crippen LogP) is 3.01. The van der Waals surface area contributed by atoms with Crippen molar-refractivity contribution in [2.75, 3.05) is 24.7 Å². The van der Waals surface area contributed by atoms with E-state index in [1.165, 1.54) is 29.8 Å². The molecule has 0 radical (unpaired) electrons. The Balaban J connectivity index is 0. The van der Waals surface area contributed by atoms with Crippen LogP contribution in [0.4, 0.5) is 5.69 Å². The zero-order valence-corrected chi connectivity index (χ0v) is 25.7. The van der Waals surface area contributed by atoms with Crippen LogP contribution in [-0.4, -0.2) is 80.0 Å². The zero-order valence-electron chi connectivity index (χ0n) is 25.7. The molecule has 13 heteroatoms. The van der Waals surface area contributed by atoms with Crippen LogP contribution in [0.3, 0.4) is 0 Å². The molecule has 2 aromatic carbocycles. The summed E-state index contributed by atoms with van der Waals surface area (Å²) >= 11 is 0. The second-order valence-electron chi connectivity index (χ2n) is 9.15. The number of anilines is 1. The number of nitrogens with zero attached hydrogens (tertiary/aromatic N) is 1. The van der Waals surface area contributed by atoms with Crippen molar-refractivity contribution >= 4 is 17.6 Å². The van der Waals surface area contributed by atoms with Gasteiger partial charge in [0.1, 0.15) is 24.0 Å². The van der Waals surface area contributed by atoms with Crippen molar-refractivity contribution in [3.63, 3.8) is 0 Å². The molecule has 2 aromatic rings. The fourth-order valence-corrected chi connectivity index (χ4v) is 2.74. The highest BCUT2D eigenvalue weighted by molar-refractivity contribution is 5.81. The summed E-state index contributed by atoms with van der Waals surface area (Å²) < 4.78 is 0. The molecule has 2 rings (SSSR count). The summed E-state index contributed by atoms with van der Waals surface area (Å²) in [4.78, 5) is 29.7. The Morgan fingerprint density at radius 3 is 1.39 bits per heavy atom. The Bertz CT molecular complexity index is 988. The van der Waals surface area contributed by atoms with Crippen LogP contribution in [-0.2, 0) is 24.4 Å². The predicted molar refractivity (Wildman–Crippen MR) is 164 cm³/mol. The molecule has 0 saturated carbocycles. The molecule has 0 amide bonds. The molecule has 7 N–H and O–H groups in total. The lowest BCUT2D eigenvalue weighted by Crippen LogP contribution is -2.42. The third kappa shape index (κ3) is 17.9. The van der Waals surface area contributed by atoms with Gasteiger partial charge in [0.15, 0.2) is 0 Å². The monoisotopic (exact) mass is 625 g/mol. The Morgan fingerprint density at radius 2 is 1.14 bits per heavy atom. The lowest BCUT2D eigenvalue weighted by molar-refractivity contribution is -0.455. The van der Waals surface area contributed by atoms with E-state index in [9.17, 15) is 19.8 Å². The summed E-state index contributed by atoms with van der Waals surface area (Å²) in [5, 5.41) is 66.8. The smallest absolute Gasteiger partial charge is 0.369 e. The molecule has 248 valence electrons. The first-order valence-electron chi connectivity index (χ1n) is 13.7. The second kappa shape index (κ2) is 24.5. The van der Waals surface area contributed by atoms with Crippen LogP contribution in [0.5, 0.6) is 11.5 Å². The number of rotatable bonds is 13. The van der Waals surface area contributed by atoms with Gasteiger partial charge >= 0.3 is 11.9 Å². The molecule has 0 heterocycles. The summed E-state index contributed by atoms with van der Waals surface area (Å²) in [6, 6.07) is 13.5. The van der Waals surface area contributed by atoms with Gasteiger partial charge in [0, 0.05) is 28.3 Å². The Morgan fingerprint density at radius 1 is 0.773 bits per heavy atom. The molecule has 0 aliphatic rings. The van der Waals surface area contributed by atoms with Crippen LogP contribution >= 0.6 is 0 Å². The van der Waals surface area contributed by atoms with Gasteiger partial charge in [-0.05, 0) is 62.6 Å². The molecular formula is C31H47NO12. The maximum atomic E-state index is 10.2. The number of carbonyl (C=O) groups is 2. The van der Waals surface area contributed by atoms with E-state index in [2.05, 4.69) is 28.0 Å². The van der Waals surface area contributed by atoms with Gasteiger partial charge in [-0.2, -0.15) is 0 Å². The quantitative estimate of drug-likeness (QED) is 0.0562. The van der Waals surface area contributed by atoms with Gasteiger partial charge in [-0.15, -0.1) is 0 Å². The maximum absolute atomic E-state index is 10.2. The van der Waals surface area contributed by atoms with E-state index in [-0.39, 0.29) is 31.3 Å². The fraction of sp³-hybridized carbons (Fsp3) is 0.419. The van der Waals surface area contributed by atoms with Crippen molar-refractivity contribution in [1.82, 2.24) is 0 Å². The van der Waals surface area contributed by atoms with E-state index in [0.717, 1.165) is 17.8 Å². The minimum absolute atomic E-state index is 0.156. The minimum atomic E-state index is -0.859. The van der Waals surface area contributed by atoms with Crippen molar-refractivity contribution in [1.29, 1.82) is 0 Å². The van der Waals surface area contributed by atoms with Crippen LogP contribution < -0.4 is 4.90 Å². The molecule has 0 aliphatic heterocycles. The largest absolute Gasteiger partial charge is 0.508 e. The number of hydrogen-bond acceptors (Lipinski definition) is 13. The average Bonchev–Trinajstić information content (AvgIpc) is 3.05. The van der Waals surface area contributed by atoms with Crippen molar-refractivity contribution in [2.24, 2.45) is 5.41 Å². The van der Waals surface area contributed by atoms with Gasteiger partial charge in [0.25, 0.3) is 0 Å². The highest BCUT2D eigenvalue weighted by atomic mass is 17.5. The Kier molecular flexibility index (Phi) is 23.4. The molecular weight excluding hydrogens is 578 g/mol. The summed E-state index contributed by atoms with van der Waals surface area (Å²) in [5.74, 6) is -1.38. The maximum Gasteiger partial charge on any atom is 0.369 e. The number of aliphatic hydroxyl groups is 5. The molecule has 0 aromatic heterocycles. The summed E-state index contributed by atoms with van der Waals surface area (Å²) in [6.45, 7) is 13.3. The molecule has 0 aliphatic carbocycles. The second-order valence-corrected chi connectivity index (χ2v) is 9.15. The number of aryl methyl sites for hydroxylation is 1. The topological polar surface area (TPSA) is 207 Å². The third-order valence-corrected chi connectivity index (χ3v) is 5.88.